The third kappa shape index (κ3) is 7.42. The van der Waals surface area contributed by atoms with Crippen LogP contribution in [0.3, 0.4) is 0 Å². The first kappa shape index (κ1) is 23.2. The molecular weight excluding hydrogens is 441 g/mol. The van der Waals surface area contributed by atoms with Crippen molar-refractivity contribution in [3.63, 3.8) is 0 Å². The van der Waals surface area contributed by atoms with Crippen LogP contribution in [0.1, 0.15) is 50.6 Å². The van der Waals surface area contributed by atoms with Gasteiger partial charge in [0.2, 0.25) is 0 Å². The fraction of sp³-hybridized carbons (Fsp3) is 0.789. The van der Waals surface area contributed by atoms with E-state index >= 15 is 0 Å². The molecule has 1 aromatic rings. The molecule has 0 amide bonds. The number of aliphatic imine (C=N–C) groups is 1. The van der Waals surface area contributed by atoms with Gasteiger partial charge in [-0.15, -0.1) is 24.0 Å². The van der Waals surface area contributed by atoms with Gasteiger partial charge in [-0.25, -0.2) is 0 Å². The van der Waals surface area contributed by atoms with Gasteiger partial charge in [0.15, 0.2) is 5.96 Å². The molecule has 2 N–H and O–H groups in total. The maximum atomic E-state index is 5.22. The lowest BCUT2D eigenvalue weighted by molar-refractivity contribution is 0.187. The van der Waals surface area contributed by atoms with Crippen LogP contribution in [0.4, 0.5) is 0 Å². The fourth-order valence-corrected chi connectivity index (χ4v) is 3.43. The Labute approximate surface area is 175 Å². The summed E-state index contributed by atoms with van der Waals surface area (Å²) in [5.41, 5.74) is 2.16. The Balaban J connectivity index is 0.00000338. The third-order valence-corrected chi connectivity index (χ3v) is 4.71. The Kier molecular flexibility index (Phi) is 10.5. The first-order chi connectivity index (χ1) is 12.0. The van der Waals surface area contributed by atoms with E-state index in [1.807, 2.05) is 13.8 Å². The van der Waals surface area contributed by atoms with Crippen molar-refractivity contribution in [2.45, 2.75) is 59.9 Å². The number of hydrogen-bond donors (Lipinski definition) is 2. The van der Waals surface area contributed by atoms with E-state index in [0.717, 1.165) is 42.8 Å². The summed E-state index contributed by atoms with van der Waals surface area (Å²) in [6.07, 6.45) is 3.23. The molecule has 1 fully saturated rings. The van der Waals surface area contributed by atoms with E-state index in [1.165, 1.54) is 38.0 Å². The lowest BCUT2D eigenvalue weighted by Gasteiger charge is -2.34. The number of rotatable bonds is 7. The molecule has 1 saturated heterocycles. The molecule has 0 spiro atoms. The zero-order chi connectivity index (χ0) is 18.2. The van der Waals surface area contributed by atoms with Crippen LogP contribution in [0.15, 0.2) is 9.52 Å². The van der Waals surface area contributed by atoms with E-state index in [4.69, 9.17) is 9.52 Å². The summed E-state index contributed by atoms with van der Waals surface area (Å²) in [6.45, 7) is 15.8. The Morgan fingerprint density at radius 2 is 2.00 bits per heavy atom. The number of aryl methyl sites for hydroxylation is 2. The van der Waals surface area contributed by atoms with Crippen LogP contribution >= 0.6 is 24.0 Å². The van der Waals surface area contributed by atoms with Crippen LogP contribution in [0.25, 0.3) is 0 Å². The minimum Gasteiger partial charge on any atom is -0.361 e. The number of nitrogens with one attached hydrogen (secondary N) is 2. The van der Waals surface area contributed by atoms with Crippen LogP contribution in [0, 0.1) is 19.8 Å². The number of guanidine groups is 1. The first-order valence-electron chi connectivity index (χ1n) is 9.68. The predicted octanol–water partition coefficient (Wildman–Crippen LogP) is 3.13. The number of aromatic nitrogens is 1. The Morgan fingerprint density at radius 3 is 2.54 bits per heavy atom. The number of halogens is 1. The van der Waals surface area contributed by atoms with Crippen molar-refractivity contribution < 1.29 is 4.52 Å². The molecule has 0 radical (unpaired) electrons. The van der Waals surface area contributed by atoms with E-state index in [9.17, 15) is 0 Å². The second-order valence-corrected chi connectivity index (χ2v) is 7.43. The van der Waals surface area contributed by atoms with E-state index in [-0.39, 0.29) is 24.0 Å². The largest absolute Gasteiger partial charge is 0.361 e. The SMILES string of the molecule is CCNC(=NCCc1c(C)noc1C)NC1CCN(CC(C)C)CC1.I. The van der Waals surface area contributed by atoms with Crippen LogP contribution in [-0.4, -0.2) is 54.8 Å². The molecule has 1 aliphatic rings. The number of piperidine rings is 1. The number of likely N-dealkylation sites (tertiary alicyclic amines) is 1. The fourth-order valence-electron chi connectivity index (χ4n) is 3.43. The highest BCUT2D eigenvalue weighted by Gasteiger charge is 2.20. The van der Waals surface area contributed by atoms with Crippen molar-refractivity contribution in [3.05, 3.63) is 17.0 Å². The van der Waals surface area contributed by atoms with Gasteiger partial charge in [-0.1, -0.05) is 19.0 Å². The maximum Gasteiger partial charge on any atom is 0.191 e. The van der Waals surface area contributed by atoms with Crippen molar-refractivity contribution in [1.29, 1.82) is 0 Å². The molecular formula is C19H36IN5O. The highest BCUT2D eigenvalue weighted by Crippen LogP contribution is 2.13. The van der Waals surface area contributed by atoms with E-state index in [2.05, 4.69) is 41.5 Å². The second-order valence-electron chi connectivity index (χ2n) is 7.43. The monoisotopic (exact) mass is 477 g/mol. The van der Waals surface area contributed by atoms with Crippen LogP contribution in [-0.2, 0) is 6.42 Å². The molecule has 0 atom stereocenters. The topological polar surface area (TPSA) is 65.7 Å². The van der Waals surface area contributed by atoms with Crippen molar-refractivity contribution in [1.82, 2.24) is 20.7 Å². The van der Waals surface area contributed by atoms with Gasteiger partial charge in [-0.05, 0) is 46.0 Å². The third-order valence-electron chi connectivity index (χ3n) is 4.71. The van der Waals surface area contributed by atoms with E-state index in [0.29, 0.717) is 6.04 Å². The molecule has 1 aliphatic heterocycles. The highest BCUT2D eigenvalue weighted by atomic mass is 127. The molecule has 0 bridgehead atoms. The van der Waals surface area contributed by atoms with E-state index < -0.39 is 0 Å². The van der Waals surface area contributed by atoms with Gasteiger partial charge >= 0.3 is 0 Å². The van der Waals surface area contributed by atoms with Crippen LogP contribution in [0.5, 0.6) is 0 Å². The van der Waals surface area contributed by atoms with Gasteiger partial charge in [0.25, 0.3) is 0 Å². The Bertz CT molecular complexity index is 531. The second kappa shape index (κ2) is 11.8. The van der Waals surface area contributed by atoms with Crippen LogP contribution < -0.4 is 10.6 Å². The summed E-state index contributed by atoms with van der Waals surface area (Å²) in [6, 6.07) is 0.514. The van der Waals surface area contributed by atoms with Gasteiger partial charge < -0.3 is 20.1 Å². The van der Waals surface area contributed by atoms with Gasteiger partial charge in [-0.2, -0.15) is 0 Å². The van der Waals surface area contributed by atoms with Gasteiger partial charge in [-0.3, -0.25) is 4.99 Å². The molecule has 2 rings (SSSR count). The van der Waals surface area contributed by atoms with Gasteiger partial charge in [0.1, 0.15) is 5.76 Å². The summed E-state index contributed by atoms with van der Waals surface area (Å²) in [5.74, 6) is 2.58. The smallest absolute Gasteiger partial charge is 0.191 e. The molecule has 1 aromatic heterocycles. The zero-order valence-electron chi connectivity index (χ0n) is 17.0. The normalized spacial score (nSPS) is 16.6. The molecule has 0 aromatic carbocycles. The Hall–Kier alpha value is -0.830. The highest BCUT2D eigenvalue weighted by molar-refractivity contribution is 14.0. The molecule has 0 aliphatic carbocycles. The predicted molar refractivity (Wildman–Crippen MR) is 119 cm³/mol. The van der Waals surface area contributed by atoms with Gasteiger partial charge in [0, 0.05) is 44.3 Å². The van der Waals surface area contributed by atoms with Crippen molar-refractivity contribution in [3.8, 4) is 0 Å². The summed E-state index contributed by atoms with van der Waals surface area (Å²) >= 11 is 0. The first-order valence-corrected chi connectivity index (χ1v) is 9.68. The van der Waals surface area contributed by atoms with Crippen molar-refractivity contribution in [2.24, 2.45) is 10.9 Å². The quantitative estimate of drug-likeness (QED) is 0.359. The van der Waals surface area contributed by atoms with Gasteiger partial charge in [0.05, 0.1) is 5.69 Å². The number of hydrogen-bond acceptors (Lipinski definition) is 4. The molecule has 0 saturated carbocycles. The lowest BCUT2D eigenvalue weighted by atomic mass is 10.0. The average Bonchev–Trinajstić information content (AvgIpc) is 2.88. The summed E-state index contributed by atoms with van der Waals surface area (Å²) in [7, 11) is 0. The minimum absolute atomic E-state index is 0. The zero-order valence-corrected chi connectivity index (χ0v) is 19.3. The maximum absolute atomic E-state index is 5.22. The molecule has 26 heavy (non-hydrogen) atoms. The lowest BCUT2D eigenvalue weighted by Crippen LogP contribution is -2.49. The van der Waals surface area contributed by atoms with Crippen molar-refractivity contribution in [2.75, 3.05) is 32.7 Å². The van der Waals surface area contributed by atoms with E-state index in [1.54, 1.807) is 0 Å². The summed E-state index contributed by atoms with van der Waals surface area (Å²) in [5, 5.41) is 11.0. The standard InChI is InChI=1S/C19H35N5O.HI/c1-6-20-19(21-10-7-18-15(4)23-25-16(18)5)22-17-8-11-24(12-9-17)13-14(2)3;/h14,17H,6-13H2,1-5H3,(H2,20,21,22);1H. The number of nitrogens with zero attached hydrogens (tertiary/aromatic N) is 3. The minimum atomic E-state index is 0. The summed E-state index contributed by atoms with van der Waals surface area (Å²) in [4.78, 5) is 7.32. The molecule has 6 nitrogen and oxygen atoms in total. The van der Waals surface area contributed by atoms with Crippen molar-refractivity contribution >= 4 is 29.9 Å². The molecule has 150 valence electrons. The molecule has 2 heterocycles. The average molecular weight is 477 g/mol. The van der Waals surface area contributed by atoms with Crippen LogP contribution in [0.2, 0.25) is 0 Å². The molecule has 0 unspecified atom stereocenters. The summed E-state index contributed by atoms with van der Waals surface area (Å²) < 4.78 is 5.22. The Morgan fingerprint density at radius 1 is 1.31 bits per heavy atom. The molecule has 7 heteroatoms.